The molecule has 1 atom stereocenters. The van der Waals surface area contributed by atoms with Gasteiger partial charge in [-0.1, -0.05) is 34.6 Å². The average molecular weight is 237 g/mol. The Kier molecular flexibility index (Phi) is 4.75. The van der Waals surface area contributed by atoms with Gasteiger partial charge in [0.1, 0.15) is 0 Å². The Bertz CT molecular complexity index is 347. The molecular weight excluding hydrogens is 210 g/mol. The van der Waals surface area contributed by atoms with E-state index in [1.807, 2.05) is 7.05 Å². The molecule has 0 saturated carbocycles. The first kappa shape index (κ1) is 14.2. The predicted molar refractivity (Wildman–Crippen MR) is 73.3 cm³/mol. The van der Waals surface area contributed by atoms with E-state index >= 15 is 0 Å². The minimum Gasteiger partial charge on any atom is -0.315 e. The van der Waals surface area contributed by atoms with Gasteiger partial charge in [-0.25, -0.2) is 0 Å². The van der Waals surface area contributed by atoms with Crippen LogP contribution in [0.3, 0.4) is 0 Å². The molecule has 0 aliphatic rings. The highest BCUT2D eigenvalue weighted by Crippen LogP contribution is 2.21. The third-order valence-corrected chi connectivity index (χ3v) is 3.39. The molecule has 1 heterocycles. The van der Waals surface area contributed by atoms with Gasteiger partial charge in [-0.15, -0.1) is 0 Å². The van der Waals surface area contributed by atoms with Gasteiger partial charge in [-0.05, 0) is 31.4 Å². The highest BCUT2D eigenvalue weighted by Gasteiger charge is 2.24. The molecule has 0 spiro atoms. The van der Waals surface area contributed by atoms with Gasteiger partial charge in [0.15, 0.2) is 0 Å². The number of rotatable bonds is 5. The van der Waals surface area contributed by atoms with E-state index in [1.165, 1.54) is 11.4 Å². The van der Waals surface area contributed by atoms with Crippen molar-refractivity contribution in [2.45, 2.75) is 60.0 Å². The van der Waals surface area contributed by atoms with Crippen LogP contribution in [-0.2, 0) is 19.4 Å². The molecular formula is C14H27N3. The summed E-state index contributed by atoms with van der Waals surface area (Å²) < 4.78 is 2.17. The molecule has 0 amide bonds. The summed E-state index contributed by atoms with van der Waals surface area (Å²) >= 11 is 0. The van der Waals surface area contributed by atoms with E-state index in [2.05, 4.69) is 55.8 Å². The Hall–Kier alpha value is -0.830. The molecule has 1 aromatic rings. The lowest BCUT2D eigenvalue weighted by Crippen LogP contribution is -2.42. The first-order valence-corrected chi connectivity index (χ1v) is 6.65. The summed E-state index contributed by atoms with van der Waals surface area (Å²) in [6, 6.07) is 2.67. The number of likely N-dealkylation sites (N-methyl/N-ethyl adjacent to an activating group) is 1. The van der Waals surface area contributed by atoms with Crippen molar-refractivity contribution in [3.63, 3.8) is 0 Å². The average Bonchev–Trinajstić information content (AvgIpc) is 2.66. The van der Waals surface area contributed by atoms with Crippen LogP contribution in [0.4, 0.5) is 0 Å². The molecule has 0 saturated heterocycles. The Morgan fingerprint density at radius 3 is 2.35 bits per heavy atom. The Labute approximate surface area is 106 Å². The minimum atomic E-state index is 0.248. The van der Waals surface area contributed by atoms with Crippen molar-refractivity contribution in [2.24, 2.45) is 5.41 Å². The summed E-state index contributed by atoms with van der Waals surface area (Å²) in [4.78, 5) is 0. The molecule has 0 bridgehead atoms. The maximum Gasteiger partial charge on any atom is 0.0624 e. The highest BCUT2D eigenvalue weighted by atomic mass is 15.3. The minimum absolute atomic E-state index is 0.248. The van der Waals surface area contributed by atoms with Crippen LogP contribution in [-0.4, -0.2) is 22.9 Å². The lowest BCUT2D eigenvalue weighted by molar-refractivity contribution is 0.245. The summed E-state index contributed by atoms with van der Waals surface area (Å²) in [5.74, 6) is 0. The van der Waals surface area contributed by atoms with E-state index in [1.54, 1.807) is 0 Å². The zero-order chi connectivity index (χ0) is 13.1. The van der Waals surface area contributed by atoms with Gasteiger partial charge in [0, 0.05) is 11.7 Å². The summed E-state index contributed by atoms with van der Waals surface area (Å²) in [6.07, 6.45) is 2.06. The topological polar surface area (TPSA) is 29.9 Å². The largest absolute Gasteiger partial charge is 0.315 e. The molecule has 0 aromatic carbocycles. The number of aromatic nitrogens is 2. The molecule has 3 heteroatoms. The Morgan fingerprint density at radius 2 is 1.94 bits per heavy atom. The van der Waals surface area contributed by atoms with Crippen molar-refractivity contribution in [1.29, 1.82) is 0 Å². The standard InChI is InChI=1S/C14H27N3/c1-7-11-9-12(8-2)17(16-11)10-13(15-6)14(3,4)5/h9,13,15H,7-8,10H2,1-6H3. The van der Waals surface area contributed by atoms with E-state index in [4.69, 9.17) is 0 Å². The van der Waals surface area contributed by atoms with Crippen molar-refractivity contribution in [3.05, 3.63) is 17.5 Å². The predicted octanol–water partition coefficient (Wildman–Crippen LogP) is 2.64. The molecule has 1 N–H and O–H groups in total. The Balaban J connectivity index is 2.89. The summed E-state index contributed by atoms with van der Waals surface area (Å²) in [7, 11) is 2.03. The van der Waals surface area contributed by atoms with Crippen LogP contribution < -0.4 is 5.32 Å². The monoisotopic (exact) mass is 237 g/mol. The molecule has 0 fully saturated rings. The number of aryl methyl sites for hydroxylation is 2. The normalized spacial score (nSPS) is 14.0. The molecule has 1 rings (SSSR count). The molecule has 0 aliphatic heterocycles. The second-order valence-electron chi connectivity index (χ2n) is 5.72. The van der Waals surface area contributed by atoms with E-state index < -0.39 is 0 Å². The van der Waals surface area contributed by atoms with Gasteiger partial charge in [-0.3, -0.25) is 4.68 Å². The molecule has 0 radical (unpaired) electrons. The number of hydrogen-bond acceptors (Lipinski definition) is 2. The van der Waals surface area contributed by atoms with Crippen LogP contribution in [0.2, 0.25) is 0 Å². The van der Waals surface area contributed by atoms with Gasteiger partial charge in [0.25, 0.3) is 0 Å². The van der Waals surface area contributed by atoms with Gasteiger partial charge < -0.3 is 5.32 Å². The second-order valence-corrected chi connectivity index (χ2v) is 5.72. The van der Waals surface area contributed by atoms with Crippen molar-refractivity contribution >= 4 is 0 Å². The number of nitrogens with one attached hydrogen (secondary N) is 1. The first-order chi connectivity index (χ1) is 7.92. The van der Waals surface area contributed by atoms with Gasteiger partial charge in [0.05, 0.1) is 12.2 Å². The van der Waals surface area contributed by atoms with Gasteiger partial charge in [0.2, 0.25) is 0 Å². The van der Waals surface area contributed by atoms with Gasteiger partial charge in [-0.2, -0.15) is 5.10 Å². The van der Waals surface area contributed by atoms with Crippen LogP contribution in [0.15, 0.2) is 6.07 Å². The van der Waals surface area contributed by atoms with Crippen molar-refractivity contribution in [3.8, 4) is 0 Å². The van der Waals surface area contributed by atoms with Crippen LogP contribution >= 0.6 is 0 Å². The zero-order valence-electron chi connectivity index (χ0n) is 12.2. The smallest absolute Gasteiger partial charge is 0.0624 e. The third-order valence-electron chi connectivity index (χ3n) is 3.39. The maximum absolute atomic E-state index is 4.68. The second kappa shape index (κ2) is 5.67. The fraction of sp³-hybridized carbons (Fsp3) is 0.786. The van der Waals surface area contributed by atoms with E-state index in [0.29, 0.717) is 6.04 Å². The molecule has 0 aliphatic carbocycles. The third kappa shape index (κ3) is 3.56. The first-order valence-electron chi connectivity index (χ1n) is 6.65. The lowest BCUT2D eigenvalue weighted by Gasteiger charge is -2.30. The quantitative estimate of drug-likeness (QED) is 0.853. The molecule has 3 nitrogen and oxygen atoms in total. The molecule has 1 aromatic heterocycles. The van der Waals surface area contributed by atoms with Crippen LogP contribution in [0.25, 0.3) is 0 Å². The zero-order valence-corrected chi connectivity index (χ0v) is 12.2. The highest BCUT2D eigenvalue weighted by molar-refractivity contribution is 5.10. The van der Waals surface area contributed by atoms with E-state index in [9.17, 15) is 0 Å². The van der Waals surface area contributed by atoms with Crippen LogP contribution in [0.1, 0.15) is 46.0 Å². The van der Waals surface area contributed by atoms with Crippen LogP contribution in [0.5, 0.6) is 0 Å². The summed E-state index contributed by atoms with van der Waals surface area (Å²) in [6.45, 7) is 12.1. The van der Waals surface area contributed by atoms with Gasteiger partial charge >= 0.3 is 0 Å². The molecule has 98 valence electrons. The maximum atomic E-state index is 4.68. The summed E-state index contributed by atoms with van der Waals surface area (Å²) in [5, 5.41) is 8.09. The molecule has 17 heavy (non-hydrogen) atoms. The summed E-state index contributed by atoms with van der Waals surface area (Å²) in [5.41, 5.74) is 2.79. The van der Waals surface area contributed by atoms with Crippen LogP contribution in [0, 0.1) is 5.41 Å². The molecule has 1 unspecified atom stereocenters. The fourth-order valence-electron chi connectivity index (χ4n) is 2.10. The van der Waals surface area contributed by atoms with Crippen molar-refractivity contribution in [2.75, 3.05) is 7.05 Å². The van der Waals surface area contributed by atoms with E-state index in [0.717, 1.165) is 19.4 Å². The van der Waals surface area contributed by atoms with Crippen molar-refractivity contribution < 1.29 is 0 Å². The number of nitrogens with zero attached hydrogens (tertiary/aromatic N) is 2. The Morgan fingerprint density at radius 1 is 1.29 bits per heavy atom. The fourth-order valence-corrected chi connectivity index (χ4v) is 2.10. The van der Waals surface area contributed by atoms with E-state index in [-0.39, 0.29) is 5.41 Å². The SMILES string of the molecule is CCc1cc(CC)n(CC(NC)C(C)(C)C)n1. The van der Waals surface area contributed by atoms with Crippen molar-refractivity contribution in [1.82, 2.24) is 15.1 Å². The number of hydrogen-bond donors (Lipinski definition) is 1. The lowest BCUT2D eigenvalue weighted by atomic mass is 9.87.